The standard InChI is InChI=1S/C24H48O3.C4H10O2.C2H6/c1-7-11-21(24(6)17-10-14-20(25)18-24)19(12-8-15-22(2,3)26)13-9-16-23(4,5)27;1-4(2,5)6-3;1-2/h19-21,25-27H,7-18H2,1-6H3;5H,1-3H3;1-2H3. The lowest BCUT2D eigenvalue weighted by Crippen LogP contribution is -2.39. The van der Waals surface area contributed by atoms with Crippen LogP contribution in [0.5, 0.6) is 0 Å². The van der Waals surface area contributed by atoms with E-state index in [9.17, 15) is 15.3 Å². The summed E-state index contributed by atoms with van der Waals surface area (Å²) in [6.45, 7) is 19.4. The molecule has 0 bridgehead atoms. The quantitative estimate of drug-likeness (QED) is 0.199. The Morgan fingerprint density at radius 3 is 1.63 bits per heavy atom. The first-order chi connectivity index (χ1) is 15.9. The summed E-state index contributed by atoms with van der Waals surface area (Å²) in [5, 5.41) is 39.2. The van der Waals surface area contributed by atoms with Gasteiger partial charge >= 0.3 is 0 Å². The van der Waals surface area contributed by atoms with Gasteiger partial charge in [-0.1, -0.05) is 66.2 Å². The van der Waals surface area contributed by atoms with Crippen LogP contribution in [0.3, 0.4) is 0 Å². The Balaban J connectivity index is 0. The molecule has 0 aromatic carbocycles. The van der Waals surface area contributed by atoms with Gasteiger partial charge in [-0.2, -0.15) is 0 Å². The van der Waals surface area contributed by atoms with E-state index in [1.807, 2.05) is 41.5 Å². The van der Waals surface area contributed by atoms with E-state index < -0.39 is 17.0 Å². The molecule has 214 valence electrons. The lowest BCUT2D eigenvalue weighted by molar-refractivity contribution is -0.155. The van der Waals surface area contributed by atoms with E-state index in [1.165, 1.54) is 26.4 Å². The maximum absolute atomic E-state index is 10.3. The Morgan fingerprint density at radius 1 is 0.886 bits per heavy atom. The lowest BCUT2D eigenvalue weighted by atomic mass is 9.59. The predicted molar refractivity (Wildman–Crippen MR) is 149 cm³/mol. The van der Waals surface area contributed by atoms with E-state index in [1.54, 1.807) is 13.8 Å². The first-order valence-electron chi connectivity index (χ1n) is 14.3. The van der Waals surface area contributed by atoms with Crippen molar-refractivity contribution in [1.29, 1.82) is 0 Å². The Labute approximate surface area is 219 Å². The SMILES string of the molecule is CC.CCCC(C(CCCC(C)(C)O)CCCC(C)(C)O)C1(C)CCCC(O)C1.COC(C)(C)O. The number of ether oxygens (including phenoxy) is 1. The van der Waals surface area contributed by atoms with Crippen LogP contribution in [0.1, 0.15) is 146 Å². The normalized spacial score (nSPS) is 22.1. The van der Waals surface area contributed by atoms with Crippen molar-refractivity contribution in [3.63, 3.8) is 0 Å². The van der Waals surface area contributed by atoms with Crippen LogP contribution in [0.15, 0.2) is 0 Å². The zero-order chi connectivity index (χ0) is 27.9. The second-order valence-corrected chi connectivity index (χ2v) is 12.6. The van der Waals surface area contributed by atoms with Crippen molar-refractivity contribution >= 4 is 0 Å². The Morgan fingerprint density at radius 2 is 1.31 bits per heavy atom. The van der Waals surface area contributed by atoms with Crippen LogP contribution in [-0.2, 0) is 4.74 Å². The van der Waals surface area contributed by atoms with E-state index in [-0.39, 0.29) is 11.5 Å². The molecule has 0 radical (unpaired) electrons. The number of hydrogen-bond acceptors (Lipinski definition) is 5. The second kappa shape index (κ2) is 17.3. The van der Waals surface area contributed by atoms with Crippen LogP contribution in [0.2, 0.25) is 0 Å². The molecule has 4 N–H and O–H groups in total. The molecule has 1 rings (SSSR count). The second-order valence-electron chi connectivity index (χ2n) is 12.6. The summed E-state index contributed by atoms with van der Waals surface area (Å²) in [6, 6.07) is 0. The van der Waals surface area contributed by atoms with Gasteiger partial charge in [-0.3, -0.25) is 0 Å². The zero-order valence-electron chi connectivity index (χ0n) is 25.4. The molecule has 3 atom stereocenters. The van der Waals surface area contributed by atoms with Gasteiger partial charge in [-0.25, -0.2) is 0 Å². The largest absolute Gasteiger partial charge is 0.393 e. The minimum Gasteiger partial charge on any atom is -0.393 e. The summed E-state index contributed by atoms with van der Waals surface area (Å²) in [4.78, 5) is 0. The summed E-state index contributed by atoms with van der Waals surface area (Å²) in [7, 11) is 1.46. The molecule has 0 spiro atoms. The molecule has 0 saturated heterocycles. The molecule has 5 nitrogen and oxygen atoms in total. The number of aliphatic hydroxyl groups excluding tert-OH is 1. The predicted octanol–water partition coefficient (Wildman–Crippen LogP) is 7.23. The van der Waals surface area contributed by atoms with Crippen LogP contribution >= 0.6 is 0 Å². The summed E-state index contributed by atoms with van der Waals surface area (Å²) in [5.74, 6) is 0.283. The first kappa shape index (κ1) is 37.0. The summed E-state index contributed by atoms with van der Waals surface area (Å²) in [5.41, 5.74) is -0.965. The molecular weight excluding hydrogens is 440 g/mol. The van der Waals surface area contributed by atoms with E-state index in [2.05, 4.69) is 18.6 Å². The third kappa shape index (κ3) is 19.6. The third-order valence-electron chi connectivity index (χ3n) is 7.28. The highest BCUT2D eigenvalue weighted by Gasteiger charge is 2.41. The average Bonchev–Trinajstić information content (AvgIpc) is 2.70. The number of methoxy groups -OCH3 is 1. The smallest absolute Gasteiger partial charge is 0.159 e. The van der Waals surface area contributed by atoms with Crippen LogP contribution in [0.25, 0.3) is 0 Å². The maximum Gasteiger partial charge on any atom is 0.159 e. The molecule has 0 amide bonds. The van der Waals surface area contributed by atoms with Gasteiger partial charge in [0.05, 0.1) is 17.3 Å². The lowest BCUT2D eigenvalue weighted by Gasteiger charge is -2.46. The zero-order valence-corrected chi connectivity index (χ0v) is 25.4. The van der Waals surface area contributed by atoms with Gasteiger partial charge in [-0.05, 0) is 97.3 Å². The topological polar surface area (TPSA) is 90.2 Å². The molecule has 0 aliphatic heterocycles. The molecule has 0 aromatic rings. The summed E-state index contributed by atoms with van der Waals surface area (Å²) in [6.07, 6.45) is 12.6. The molecule has 1 fully saturated rings. The molecule has 0 heterocycles. The number of hydrogen-bond donors (Lipinski definition) is 4. The fourth-order valence-corrected chi connectivity index (χ4v) is 5.43. The van der Waals surface area contributed by atoms with Crippen molar-refractivity contribution in [1.82, 2.24) is 0 Å². The molecule has 3 unspecified atom stereocenters. The van der Waals surface area contributed by atoms with E-state index in [0.29, 0.717) is 11.8 Å². The fourth-order valence-electron chi connectivity index (χ4n) is 5.43. The Kier molecular flexibility index (Phi) is 18.3. The van der Waals surface area contributed by atoms with Crippen molar-refractivity contribution in [2.24, 2.45) is 17.3 Å². The molecular formula is C30H64O5. The molecule has 0 aromatic heterocycles. The van der Waals surface area contributed by atoms with Gasteiger partial charge < -0.3 is 25.2 Å². The molecule has 35 heavy (non-hydrogen) atoms. The van der Waals surface area contributed by atoms with Gasteiger partial charge in [0.2, 0.25) is 0 Å². The van der Waals surface area contributed by atoms with Crippen molar-refractivity contribution in [2.75, 3.05) is 7.11 Å². The van der Waals surface area contributed by atoms with Crippen LogP contribution in [-0.4, -0.2) is 50.6 Å². The average molecular weight is 505 g/mol. The highest BCUT2D eigenvalue weighted by atomic mass is 16.6. The van der Waals surface area contributed by atoms with E-state index in [4.69, 9.17) is 5.11 Å². The fraction of sp³-hybridized carbons (Fsp3) is 1.00. The highest BCUT2D eigenvalue weighted by molar-refractivity contribution is 4.92. The number of rotatable bonds is 13. The Bertz CT molecular complexity index is 480. The third-order valence-corrected chi connectivity index (χ3v) is 7.28. The van der Waals surface area contributed by atoms with Gasteiger partial charge in [0.1, 0.15) is 0 Å². The van der Waals surface area contributed by atoms with Crippen LogP contribution in [0.4, 0.5) is 0 Å². The minimum absolute atomic E-state index is 0.142. The molecule has 1 saturated carbocycles. The van der Waals surface area contributed by atoms with Crippen molar-refractivity contribution in [3.05, 3.63) is 0 Å². The Hall–Kier alpha value is -0.200. The molecule has 1 aliphatic rings. The van der Waals surface area contributed by atoms with Crippen LogP contribution in [0, 0.1) is 17.3 Å². The monoisotopic (exact) mass is 504 g/mol. The molecule has 1 aliphatic carbocycles. The van der Waals surface area contributed by atoms with Crippen molar-refractivity contribution in [3.8, 4) is 0 Å². The van der Waals surface area contributed by atoms with Gasteiger partial charge in [0.15, 0.2) is 5.79 Å². The van der Waals surface area contributed by atoms with Gasteiger partial charge in [0, 0.05) is 7.11 Å². The van der Waals surface area contributed by atoms with Gasteiger partial charge in [0.25, 0.3) is 0 Å². The van der Waals surface area contributed by atoms with Crippen molar-refractivity contribution in [2.45, 2.75) is 169 Å². The van der Waals surface area contributed by atoms with E-state index in [0.717, 1.165) is 57.8 Å². The number of aliphatic hydroxyl groups is 4. The minimum atomic E-state index is -0.958. The molecule has 5 heteroatoms. The maximum atomic E-state index is 10.3. The first-order valence-corrected chi connectivity index (χ1v) is 14.3. The van der Waals surface area contributed by atoms with Crippen LogP contribution < -0.4 is 0 Å². The summed E-state index contributed by atoms with van der Waals surface area (Å²) < 4.78 is 4.49. The van der Waals surface area contributed by atoms with Crippen molar-refractivity contribution < 1.29 is 25.2 Å². The highest BCUT2D eigenvalue weighted by Crippen LogP contribution is 2.49. The summed E-state index contributed by atoms with van der Waals surface area (Å²) >= 11 is 0. The van der Waals surface area contributed by atoms with Gasteiger partial charge in [-0.15, -0.1) is 0 Å². The van der Waals surface area contributed by atoms with E-state index >= 15 is 0 Å².